The Bertz CT molecular complexity index is 2730. The van der Waals surface area contributed by atoms with Crippen molar-refractivity contribution in [3.8, 4) is 78.7 Å². The molecule has 0 bridgehead atoms. The molecule has 3 nitrogen and oxygen atoms in total. The lowest BCUT2D eigenvalue weighted by Gasteiger charge is -2.22. The minimum Gasteiger partial charge on any atom is -0.208 e. The van der Waals surface area contributed by atoms with Crippen molar-refractivity contribution in [3.63, 3.8) is 0 Å². The third kappa shape index (κ3) is 5.41. The zero-order valence-electron chi connectivity index (χ0n) is 31.5. The molecule has 2 aliphatic rings. The molecule has 0 saturated heterocycles. The molecule has 0 atom stereocenters. The maximum atomic E-state index is 14.5. The fourth-order valence-corrected chi connectivity index (χ4v) is 8.76. The van der Waals surface area contributed by atoms with E-state index >= 15 is 0 Å². The Morgan fingerprint density at radius 3 is 1.04 bits per heavy atom. The number of rotatable bonds is 5. The van der Waals surface area contributed by atoms with E-state index in [9.17, 15) is 8.78 Å². The van der Waals surface area contributed by atoms with E-state index in [1.807, 2.05) is 18.2 Å². The van der Waals surface area contributed by atoms with Crippen LogP contribution in [0.3, 0.4) is 0 Å². The summed E-state index contributed by atoms with van der Waals surface area (Å²) >= 11 is 0. The van der Waals surface area contributed by atoms with Crippen molar-refractivity contribution >= 4 is 0 Å². The van der Waals surface area contributed by atoms with Crippen LogP contribution in [0.2, 0.25) is 0 Å². The van der Waals surface area contributed by atoms with Crippen LogP contribution in [0.1, 0.15) is 49.9 Å². The molecule has 270 valence electrons. The van der Waals surface area contributed by atoms with E-state index in [-0.39, 0.29) is 11.6 Å². The molecule has 0 unspecified atom stereocenters. The van der Waals surface area contributed by atoms with Crippen molar-refractivity contribution in [2.45, 2.75) is 38.5 Å². The summed E-state index contributed by atoms with van der Waals surface area (Å²) in [5.74, 6) is 1.19. The van der Waals surface area contributed by atoms with E-state index in [2.05, 4.69) is 137 Å². The number of benzene rings is 7. The Morgan fingerprint density at radius 1 is 0.321 bits per heavy atom. The lowest BCUT2D eigenvalue weighted by atomic mass is 9.82. The molecule has 1 heterocycles. The molecule has 0 spiro atoms. The average molecular weight is 730 g/mol. The summed E-state index contributed by atoms with van der Waals surface area (Å²) in [6, 6.07) is 50.1. The molecule has 0 saturated carbocycles. The minimum absolute atomic E-state index is 0.238. The highest BCUT2D eigenvalue weighted by Gasteiger charge is 2.37. The fourth-order valence-electron chi connectivity index (χ4n) is 8.76. The Morgan fingerprint density at radius 2 is 0.625 bits per heavy atom. The highest BCUT2D eigenvalue weighted by Crippen LogP contribution is 2.51. The van der Waals surface area contributed by atoms with Crippen molar-refractivity contribution in [1.29, 1.82) is 0 Å². The standard InChI is InChI=1S/C51H37F2N3/c1-50(2)43-26-35(18-22-39(43)41-24-20-37(52)28-45(41)50)48-54-47(34-16-14-33(15-17-34)32-12-10-31(11-13-32)30-8-6-5-7-9-30)55-49(56-48)36-19-23-40-42-25-21-38(53)29-46(42)51(3,4)44(40)27-36/h5-29H,1-4H3. The third-order valence-electron chi connectivity index (χ3n) is 11.9. The predicted molar refractivity (Wildman–Crippen MR) is 222 cm³/mol. The van der Waals surface area contributed by atoms with Gasteiger partial charge in [0.05, 0.1) is 0 Å². The van der Waals surface area contributed by atoms with Crippen LogP contribution in [0.25, 0.3) is 78.7 Å². The van der Waals surface area contributed by atoms with Gasteiger partial charge in [-0.05, 0) is 103 Å². The molecule has 5 heteroatoms. The zero-order valence-corrected chi connectivity index (χ0v) is 31.5. The van der Waals surface area contributed by atoms with Crippen LogP contribution >= 0.6 is 0 Å². The third-order valence-corrected chi connectivity index (χ3v) is 11.9. The highest BCUT2D eigenvalue weighted by molar-refractivity contribution is 5.85. The normalized spacial score (nSPS) is 14.2. The van der Waals surface area contributed by atoms with Gasteiger partial charge in [-0.1, -0.05) is 143 Å². The van der Waals surface area contributed by atoms with E-state index in [0.29, 0.717) is 17.5 Å². The minimum atomic E-state index is -0.406. The van der Waals surface area contributed by atoms with Gasteiger partial charge in [0.25, 0.3) is 0 Å². The van der Waals surface area contributed by atoms with Crippen LogP contribution in [-0.2, 0) is 10.8 Å². The van der Waals surface area contributed by atoms with Crippen LogP contribution in [0.15, 0.2) is 152 Å². The topological polar surface area (TPSA) is 38.7 Å². The molecular weight excluding hydrogens is 693 g/mol. The molecule has 56 heavy (non-hydrogen) atoms. The van der Waals surface area contributed by atoms with Crippen molar-refractivity contribution < 1.29 is 8.78 Å². The summed E-state index contributed by atoms with van der Waals surface area (Å²) in [6.45, 7) is 8.55. The second kappa shape index (κ2) is 12.5. The van der Waals surface area contributed by atoms with E-state index in [0.717, 1.165) is 72.3 Å². The summed E-state index contributed by atoms with van der Waals surface area (Å²) < 4.78 is 28.9. The van der Waals surface area contributed by atoms with Crippen LogP contribution < -0.4 is 0 Å². The van der Waals surface area contributed by atoms with Gasteiger partial charge in [0.1, 0.15) is 11.6 Å². The van der Waals surface area contributed by atoms with Gasteiger partial charge in [-0.25, -0.2) is 23.7 Å². The average Bonchev–Trinajstić information content (AvgIpc) is 3.58. The summed E-state index contributed by atoms with van der Waals surface area (Å²) in [5, 5.41) is 0. The molecule has 7 aromatic carbocycles. The van der Waals surface area contributed by atoms with E-state index in [1.54, 1.807) is 12.1 Å². The van der Waals surface area contributed by atoms with E-state index in [4.69, 9.17) is 15.0 Å². The van der Waals surface area contributed by atoms with Crippen LogP contribution in [0.4, 0.5) is 8.78 Å². The smallest absolute Gasteiger partial charge is 0.164 e. The van der Waals surface area contributed by atoms with E-state index in [1.165, 1.54) is 23.3 Å². The second-order valence-corrected chi connectivity index (χ2v) is 16.0. The molecule has 2 aliphatic carbocycles. The molecule has 10 rings (SSSR count). The van der Waals surface area contributed by atoms with Gasteiger partial charge in [0, 0.05) is 27.5 Å². The van der Waals surface area contributed by atoms with Crippen LogP contribution in [0.5, 0.6) is 0 Å². The van der Waals surface area contributed by atoms with Gasteiger partial charge in [-0.15, -0.1) is 0 Å². The van der Waals surface area contributed by atoms with Gasteiger partial charge in [0.15, 0.2) is 17.5 Å². The van der Waals surface area contributed by atoms with Crippen molar-refractivity contribution in [3.05, 3.63) is 186 Å². The largest absolute Gasteiger partial charge is 0.208 e. The van der Waals surface area contributed by atoms with Gasteiger partial charge in [0.2, 0.25) is 0 Å². The first-order valence-electron chi connectivity index (χ1n) is 19.0. The fraction of sp³-hybridized carbons (Fsp3) is 0.118. The van der Waals surface area contributed by atoms with Gasteiger partial charge in [-0.2, -0.15) is 0 Å². The van der Waals surface area contributed by atoms with Crippen LogP contribution in [-0.4, -0.2) is 15.0 Å². The molecule has 0 fully saturated rings. The molecule has 1 aromatic heterocycles. The van der Waals surface area contributed by atoms with Crippen molar-refractivity contribution in [2.24, 2.45) is 0 Å². The monoisotopic (exact) mass is 729 g/mol. The van der Waals surface area contributed by atoms with Crippen LogP contribution in [0, 0.1) is 11.6 Å². The SMILES string of the molecule is CC1(C)c2cc(F)ccc2-c2ccc(-c3nc(-c4ccc(-c5ccc(-c6ccccc6)cc5)cc4)nc(-c4ccc5c(c4)C(C)(C)c4cc(F)ccc4-5)n3)cc21. The Labute approximate surface area is 325 Å². The number of nitrogens with zero attached hydrogens (tertiary/aromatic N) is 3. The predicted octanol–water partition coefficient (Wildman–Crippen LogP) is 13.1. The molecule has 0 radical (unpaired) electrons. The number of fused-ring (bicyclic) bond motifs is 6. The van der Waals surface area contributed by atoms with Gasteiger partial charge < -0.3 is 0 Å². The summed E-state index contributed by atoms with van der Waals surface area (Å²) in [4.78, 5) is 15.3. The number of hydrogen-bond donors (Lipinski definition) is 0. The number of hydrogen-bond acceptors (Lipinski definition) is 3. The van der Waals surface area contributed by atoms with E-state index < -0.39 is 10.8 Å². The number of halogens is 2. The zero-order chi connectivity index (χ0) is 38.3. The van der Waals surface area contributed by atoms with Crippen molar-refractivity contribution in [2.75, 3.05) is 0 Å². The molecule has 8 aromatic rings. The first-order chi connectivity index (χ1) is 27.0. The quantitative estimate of drug-likeness (QED) is 0.177. The number of aromatic nitrogens is 3. The second-order valence-electron chi connectivity index (χ2n) is 16.0. The summed E-state index contributed by atoms with van der Waals surface area (Å²) in [6.07, 6.45) is 0. The highest BCUT2D eigenvalue weighted by atomic mass is 19.1. The molecule has 0 amide bonds. The van der Waals surface area contributed by atoms with Crippen molar-refractivity contribution in [1.82, 2.24) is 15.0 Å². The Balaban J connectivity index is 1.07. The molecule has 0 aliphatic heterocycles. The van der Waals surface area contributed by atoms with Gasteiger partial charge >= 0.3 is 0 Å². The maximum Gasteiger partial charge on any atom is 0.164 e. The molecular formula is C51H37F2N3. The summed E-state index contributed by atoms with van der Waals surface area (Å²) in [5.41, 5.74) is 14.8. The first kappa shape index (κ1) is 33.9. The Hall–Kier alpha value is -6.59. The Kier molecular flexibility index (Phi) is 7.56. The lowest BCUT2D eigenvalue weighted by molar-refractivity contribution is 0.609. The lowest BCUT2D eigenvalue weighted by Crippen LogP contribution is -2.15. The summed E-state index contributed by atoms with van der Waals surface area (Å²) in [7, 11) is 0. The molecule has 0 N–H and O–H groups in total. The maximum absolute atomic E-state index is 14.5. The first-order valence-corrected chi connectivity index (χ1v) is 19.0. The van der Waals surface area contributed by atoms with Gasteiger partial charge in [-0.3, -0.25) is 0 Å².